The third-order valence-corrected chi connectivity index (χ3v) is 5.91. The summed E-state index contributed by atoms with van der Waals surface area (Å²) in [5.74, 6) is 1.29. The van der Waals surface area contributed by atoms with Crippen molar-refractivity contribution in [1.82, 2.24) is 15.5 Å². The lowest BCUT2D eigenvalue weighted by molar-refractivity contribution is -0.121. The molecular formula is C22H24N4O2S. The Kier molecular flexibility index (Phi) is 6.14. The van der Waals surface area contributed by atoms with Crippen molar-refractivity contribution in [3.8, 4) is 0 Å². The van der Waals surface area contributed by atoms with Gasteiger partial charge in [-0.25, -0.2) is 0 Å². The van der Waals surface area contributed by atoms with Gasteiger partial charge in [-0.1, -0.05) is 41.2 Å². The molecule has 0 fully saturated rings. The van der Waals surface area contributed by atoms with Crippen molar-refractivity contribution in [2.24, 2.45) is 0 Å². The van der Waals surface area contributed by atoms with Crippen LogP contribution in [-0.2, 0) is 11.2 Å². The summed E-state index contributed by atoms with van der Waals surface area (Å²) in [4.78, 5) is 21.1. The Morgan fingerprint density at radius 3 is 2.41 bits per heavy atom. The van der Waals surface area contributed by atoms with E-state index >= 15 is 0 Å². The Labute approximate surface area is 174 Å². The van der Waals surface area contributed by atoms with Gasteiger partial charge in [-0.3, -0.25) is 4.79 Å². The fourth-order valence-corrected chi connectivity index (χ4v) is 4.51. The van der Waals surface area contributed by atoms with Gasteiger partial charge < -0.3 is 14.7 Å². The number of carbonyl (C=O) groups excluding carboxylic acids is 1. The molecule has 1 aromatic heterocycles. The van der Waals surface area contributed by atoms with E-state index < -0.39 is 0 Å². The molecule has 0 saturated heterocycles. The van der Waals surface area contributed by atoms with Crippen LogP contribution < -0.4 is 10.2 Å². The van der Waals surface area contributed by atoms with Crippen LogP contribution in [0.4, 0.5) is 11.4 Å². The van der Waals surface area contributed by atoms with E-state index in [9.17, 15) is 4.79 Å². The van der Waals surface area contributed by atoms with Crippen LogP contribution in [0.5, 0.6) is 0 Å². The first kappa shape index (κ1) is 19.5. The first-order valence-corrected chi connectivity index (χ1v) is 10.7. The summed E-state index contributed by atoms with van der Waals surface area (Å²) in [6.45, 7) is 3.31. The monoisotopic (exact) mass is 408 g/mol. The minimum Gasteiger partial charge on any atom is -0.356 e. The maximum atomic E-state index is 12.1. The predicted molar refractivity (Wildman–Crippen MR) is 114 cm³/mol. The van der Waals surface area contributed by atoms with Crippen LogP contribution in [0.2, 0.25) is 0 Å². The number of nitrogens with zero attached hydrogens (tertiary/aromatic N) is 3. The van der Waals surface area contributed by atoms with Gasteiger partial charge in [0.1, 0.15) is 0 Å². The van der Waals surface area contributed by atoms with Crippen LogP contribution in [0.1, 0.15) is 31.0 Å². The first-order chi connectivity index (χ1) is 14.2. The predicted octanol–water partition coefficient (Wildman–Crippen LogP) is 4.51. The number of hydrogen-bond acceptors (Lipinski definition) is 6. The van der Waals surface area contributed by atoms with Crippen LogP contribution in [0, 0.1) is 6.92 Å². The molecule has 1 aliphatic rings. The highest BCUT2D eigenvalue weighted by molar-refractivity contribution is 7.99. The van der Waals surface area contributed by atoms with Crippen molar-refractivity contribution in [3.63, 3.8) is 0 Å². The highest BCUT2D eigenvalue weighted by atomic mass is 32.2. The van der Waals surface area contributed by atoms with Gasteiger partial charge in [-0.15, -0.1) is 0 Å². The number of hydrogen-bond donors (Lipinski definition) is 1. The molecule has 1 N–H and O–H groups in total. The van der Waals surface area contributed by atoms with Gasteiger partial charge in [0.2, 0.25) is 11.8 Å². The molecule has 0 saturated carbocycles. The summed E-state index contributed by atoms with van der Waals surface area (Å²) in [5.41, 5.74) is 2.47. The van der Waals surface area contributed by atoms with Crippen LogP contribution in [-0.4, -0.2) is 29.1 Å². The minimum atomic E-state index is 0.0660. The van der Waals surface area contributed by atoms with Crippen LogP contribution in [0.15, 0.2) is 62.8 Å². The molecule has 0 unspecified atom stereocenters. The Balaban J connectivity index is 1.26. The Bertz CT molecular complexity index is 943. The summed E-state index contributed by atoms with van der Waals surface area (Å²) in [5, 5.41) is 6.78. The van der Waals surface area contributed by atoms with Gasteiger partial charge in [0.05, 0.1) is 11.4 Å². The van der Waals surface area contributed by atoms with Gasteiger partial charge in [0, 0.05) is 35.7 Å². The van der Waals surface area contributed by atoms with Crippen molar-refractivity contribution < 1.29 is 9.32 Å². The lowest BCUT2D eigenvalue weighted by Gasteiger charge is -2.32. The van der Waals surface area contributed by atoms with Gasteiger partial charge in [-0.05, 0) is 44.0 Å². The van der Waals surface area contributed by atoms with Crippen molar-refractivity contribution in [1.29, 1.82) is 0 Å². The van der Waals surface area contributed by atoms with Crippen LogP contribution >= 0.6 is 11.8 Å². The van der Waals surface area contributed by atoms with E-state index in [0.717, 1.165) is 13.0 Å². The second-order valence-electron chi connectivity index (χ2n) is 6.98. The molecule has 2 aromatic carbocycles. The normalized spacial score (nSPS) is 12.4. The minimum absolute atomic E-state index is 0.0660. The van der Waals surface area contributed by atoms with Crippen LogP contribution in [0.3, 0.4) is 0 Å². The van der Waals surface area contributed by atoms with E-state index in [1.807, 2.05) is 11.8 Å². The topological polar surface area (TPSA) is 71.3 Å². The van der Waals surface area contributed by atoms with Crippen molar-refractivity contribution in [2.75, 3.05) is 18.0 Å². The molecule has 0 aliphatic carbocycles. The largest absolute Gasteiger partial charge is 0.356 e. The molecule has 0 bridgehead atoms. The fourth-order valence-electron chi connectivity index (χ4n) is 3.42. The van der Waals surface area contributed by atoms with Gasteiger partial charge in [0.15, 0.2) is 5.82 Å². The highest BCUT2D eigenvalue weighted by Gasteiger charge is 2.22. The van der Waals surface area contributed by atoms with Gasteiger partial charge in [0.25, 0.3) is 0 Å². The van der Waals surface area contributed by atoms with E-state index in [-0.39, 0.29) is 5.91 Å². The Morgan fingerprint density at radius 2 is 1.76 bits per heavy atom. The number of para-hydroxylation sites is 2. The number of fused-ring (bicyclic) bond motifs is 2. The summed E-state index contributed by atoms with van der Waals surface area (Å²) in [6, 6.07) is 17.0. The Hall–Kier alpha value is -2.80. The second-order valence-corrected chi connectivity index (χ2v) is 8.07. The standard InChI is InChI=1S/C22H24N4O2S/c1-16-24-22(28-25-16)13-6-12-21(27)23-14-7-15-26-17-8-2-4-10-19(17)29-20-11-5-3-9-18(20)26/h2-5,8-11H,6-7,12-15H2,1H3,(H,23,27). The summed E-state index contributed by atoms with van der Waals surface area (Å²) in [6.07, 6.45) is 2.68. The second kappa shape index (κ2) is 9.13. The van der Waals surface area contributed by atoms with Gasteiger partial charge in [-0.2, -0.15) is 4.98 Å². The third kappa shape index (κ3) is 4.79. The summed E-state index contributed by atoms with van der Waals surface area (Å²) < 4.78 is 5.07. The van der Waals surface area contributed by atoms with E-state index in [1.54, 1.807) is 6.92 Å². The molecule has 29 heavy (non-hydrogen) atoms. The zero-order valence-corrected chi connectivity index (χ0v) is 17.2. The zero-order valence-electron chi connectivity index (χ0n) is 16.4. The smallest absolute Gasteiger partial charge is 0.226 e. The zero-order chi connectivity index (χ0) is 20.1. The maximum Gasteiger partial charge on any atom is 0.226 e. The fraction of sp³-hybridized carbons (Fsp3) is 0.318. The molecule has 1 amide bonds. The number of anilines is 2. The molecule has 3 aromatic rings. The molecule has 0 atom stereocenters. The number of aryl methyl sites for hydroxylation is 2. The summed E-state index contributed by atoms with van der Waals surface area (Å²) in [7, 11) is 0. The van der Waals surface area contributed by atoms with E-state index in [2.05, 4.69) is 68.9 Å². The molecule has 1 aliphatic heterocycles. The molecule has 6 nitrogen and oxygen atoms in total. The van der Waals surface area contributed by atoms with E-state index in [4.69, 9.17) is 4.52 Å². The van der Waals surface area contributed by atoms with E-state index in [0.29, 0.717) is 37.5 Å². The quantitative estimate of drug-likeness (QED) is 0.553. The number of carbonyl (C=O) groups is 1. The SMILES string of the molecule is Cc1noc(CCCC(=O)NCCCN2c3ccccc3Sc3ccccc32)n1. The molecule has 2 heterocycles. The maximum absolute atomic E-state index is 12.1. The number of benzene rings is 2. The number of aromatic nitrogens is 2. The molecule has 0 spiro atoms. The number of nitrogens with one attached hydrogen (secondary N) is 1. The summed E-state index contributed by atoms with van der Waals surface area (Å²) >= 11 is 1.81. The van der Waals surface area contributed by atoms with Crippen molar-refractivity contribution >= 4 is 29.0 Å². The van der Waals surface area contributed by atoms with Crippen molar-refractivity contribution in [3.05, 3.63) is 60.2 Å². The van der Waals surface area contributed by atoms with Gasteiger partial charge >= 0.3 is 0 Å². The lowest BCUT2D eigenvalue weighted by atomic mass is 10.2. The average molecular weight is 409 g/mol. The lowest BCUT2D eigenvalue weighted by Crippen LogP contribution is -2.28. The molecule has 150 valence electrons. The highest BCUT2D eigenvalue weighted by Crippen LogP contribution is 2.47. The third-order valence-electron chi connectivity index (χ3n) is 4.78. The van der Waals surface area contributed by atoms with E-state index in [1.165, 1.54) is 21.2 Å². The molecular weight excluding hydrogens is 384 g/mol. The molecule has 7 heteroatoms. The number of amides is 1. The van der Waals surface area contributed by atoms with Crippen molar-refractivity contribution in [2.45, 2.75) is 42.4 Å². The first-order valence-electron chi connectivity index (χ1n) is 9.90. The number of rotatable bonds is 8. The van der Waals surface area contributed by atoms with Crippen LogP contribution in [0.25, 0.3) is 0 Å². The molecule has 0 radical (unpaired) electrons. The average Bonchev–Trinajstić information content (AvgIpc) is 3.15. The molecule has 4 rings (SSSR count). The Morgan fingerprint density at radius 1 is 1.07 bits per heavy atom.